The first-order valence-electron chi connectivity index (χ1n) is 3.40. The molecule has 0 fully saturated rings. The standard InChI is InChI=1S/C6H4BrF2IN2O2S/c7-5-2(10)1-3(15(11,13)14)4(12-5)6(8)9/h1,6H,(H2,11,13,14). The number of aromatic nitrogens is 1. The third-order valence-electron chi connectivity index (χ3n) is 1.44. The topological polar surface area (TPSA) is 73.1 Å². The van der Waals surface area contributed by atoms with E-state index in [9.17, 15) is 17.2 Å². The van der Waals surface area contributed by atoms with Gasteiger partial charge in [0.15, 0.2) is 0 Å². The lowest BCUT2D eigenvalue weighted by Gasteiger charge is -2.07. The van der Waals surface area contributed by atoms with Crippen LogP contribution in [0.5, 0.6) is 0 Å². The normalized spacial score (nSPS) is 12.1. The Morgan fingerprint density at radius 1 is 1.53 bits per heavy atom. The van der Waals surface area contributed by atoms with Gasteiger partial charge in [-0.1, -0.05) is 0 Å². The molecule has 0 spiro atoms. The maximum atomic E-state index is 12.5. The molecule has 0 bridgehead atoms. The van der Waals surface area contributed by atoms with Gasteiger partial charge in [0.05, 0.1) is 0 Å². The van der Waals surface area contributed by atoms with E-state index in [4.69, 9.17) is 5.14 Å². The van der Waals surface area contributed by atoms with Gasteiger partial charge in [0.1, 0.15) is 15.2 Å². The minimum Gasteiger partial charge on any atom is -0.237 e. The summed E-state index contributed by atoms with van der Waals surface area (Å²) in [6.07, 6.45) is -2.99. The molecule has 0 aliphatic carbocycles. The summed E-state index contributed by atoms with van der Waals surface area (Å²) < 4.78 is 47.5. The highest BCUT2D eigenvalue weighted by Crippen LogP contribution is 2.28. The molecule has 2 N–H and O–H groups in total. The zero-order valence-corrected chi connectivity index (χ0v) is 11.5. The van der Waals surface area contributed by atoms with Gasteiger partial charge in [-0.3, -0.25) is 0 Å². The van der Waals surface area contributed by atoms with Crippen molar-refractivity contribution in [1.82, 2.24) is 4.98 Å². The van der Waals surface area contributed by atoms with Crippen molar-refractivity contribution in [2.45, 2.75) is 11.3 Å². The monoisotopic (exact) mass is 412 g/mol. The second kappa shape index (κ2) is 4.55. The average molecular weight is 413 g/mol. The molecule has 84 valence electrons. The molecule has 0 aliphatic heterocycles. The maximum absolute atomic E-state index is 12.5. The first-order valence-corrected chi connectivity index (χ1v) is 6.82. The van der Waals surface area contributed by atoms with Crippen molar-refractivity contribution in [2.75, 3.05) is 0 Å². The molecule has 0 amide bonds. The predicted molar refractivity (Wildman–Crippen MR) is 61.0 cm³/mol. The Kier molecular flexibility index (Phi) is 4.01. The van der Waals surface area contributed by atoms with E-state index < -0.39 is 27.0 Å². The molecule has 0 aliphatic rings. The van der Waals surface area contributed by atoms with Gasteiger partial charge in [-0.05, 0) is 44.6 Å². The number of hydrogen-bond donors (Lipinski definition) is 1. The number of nitrogens with zero attached hydrogens (tertiary/aromatic N) is 1. The molecule has 1 aromatic heterocycles. The van der Waals surface area contributed by atoms with Crippen LogP contribution in [0.3, 0.4) is 0 Å². The molecule has 1 aromatic rings. The van der Waals surface area contributed by atoms with Crippen molar-refractivity contribution in [3.05, 3.63) is 19.9 Å². The Bertz CT molecular complexity index is 494. The lowest BCUT2D eigenvalue weighted by molar-refractivity contribution is 0.142. The van der Waals surface area contributed by atoms with Gasteiger partial charge in [-0.2, -0.15) is 0 Å². The zero-order valence-electron chi connectivity index (χ0n) is 6.92. The highest BCUT2D eigenvalue weighted by molar-refractivity contribution is 14.1. The molecule has 0 aromatic carbocycles. The van der Waals surface area contributed by atoms with Crippen molar-refractivity contribution >= 4 is 48.5 Å². The number of hydrogen-bond acceptors (Lipinski definition) is 3. The largest absolute Gasteiger partial charge is 0.281 e. The van der Waals surface area contributed by atoms with E-state index in [-0.39, 0.29) is 4.60 Å². The summed E-state index contributed by atoms with van der Waals surface area (Å²) in [7, 11) is -4.19. The number of pyridine rings is 1. The van der Waals surface area contributed by atoms with Gasteiger partial charge in [-0.25, -0.2) is 27.3 Å². The summed E-state index contributed by atoms with van der Waals surface area (Å²) in [4.78, 5) is 2.79. The fourth-order valence-electron chi connectivity index (χ4n) is 0.847. The van der Waals surface area contributed by atoms with Crippen LogP contribution < -0.4 is 5.14 Å². The van der Waals surface area contributed by atoms with E-state index in [0.29, 0.717) is 3.57 Å². The number of rotatable bonds is 2. The van der Waals surface area contributed by atoms with E-state index in [1.807, 2.05) is 0 Å². The number of nitrogens with two attached hydrogens (primary N) is 1. The third kappa shape index (κ3) is 3.04. The van der Waals surface area contributed by atoms with Crippen LogP contribution in [0.25, 0.3) is 0 Å². The van der Waals surface area contributed by atoms with Crippen LogP contribution in [-0.4, -0.2) is 13.4 Å². The van der Waals surface area contributed by atoms with E-state index in [1.165, 1.54) is 0 Å². The second-order valence-electron chi connectivity index (χ2n) is 2.49. The van der Waals surface area contributed by atoms with Gasteiger partial charge < -0.3 is 0 Å². The molecular weight excluding hydrogens is 409 g/mol. The van der Waals surface area contributed by atoms with Crippen molar-refractivity contribution in [1.29, 1.82) is 0 Å². The molecule has 0 saturated carbocycles. The van der Waals surface area contributed by atoms with Crippen LogP contribution in [0.1, 0.15) is 12.1 Å². The van der Waals surface area contributed by atoms with Gasteiger partial charge in [-0.15, -0.1) is 0 Å². The lowest BCUT2D eigenvalue weighted by atomic mass is 10.4. The van der Waals surface area contributed by atoms with Gasteiger partial charge in [0.2, 0.25) is 10.0 Å². The Morgan fingerprint density at radius 3 is 2.47 bits per heavy atom. The highest BCUT2D eigenvalue weighted by atomic mass is 127. The summed E-state index contributed by atoms with van der Waals surface area (Å²) in [6.45, 7) is 0. The first-order chi connectivity index (χ1) is 6.73. The molecule has 0 radical (unpaired) electrons. The minimum atomic E-state index is -4.19. The molecule has 0 saturated heterocycles. The SMILES string of the molecule is NS(=O)(=O)c1cc(I)c(Br)nc1C(F)F. The number of sulfonamides is 1. The molecular formula is C6H4BrF2IN2O2S. The van der Waals surface area contributed by atoms with Crippen LogP contribution in [-0.2, 0) is 10.0 Å². The van der Waals surface area contributed by atoms with Crippen LogP contribution in [0, 0.1) is 3.57 Å². The van der Waals surface area contributed by atoms with Crippen molar-refractivity contribution < 1.29 is 17.2 Å². The van der Waals surface area contributed by atoms with E-state index in [0.717, 1.165) is 6.07 Å². The van der Waals surface area contributed by atoms with Crippen LogP contribution >= 0.6 is 38.5 Å². The fraction of sp³-hybridized carbons (Fsp3) is 0.167. The Balaban J connectivity index is 3.56. The summed E-state index contributed by atoms with van der Waals surface area (Å²) in [5, 5.41) is 4.79. The van der Waals surface area contributed by atoms with Crippen molar-refractivity contribution in [3.8, 4) is 0 Å². The maximum Gasteiger partial charge on any atom is 0.281 e. The Hall–Kier alpha value is 0.130. The van der Waals surface area contributed by atoms with Crippen molar-refractivity contribution in [3.63, 3.8) is 0 Å². The van der Waals surface area contributed by atoms with Crippen LogP contribution in [0.15, 0.2) is 15.6 Å². The minimum absolute atomic E-state index is 0.158. The van der Waals surface area contributed by atoms with Crippen molar-refractivity contribution in [2.24, 2.45) is 5.14 Å². The molecule has 4 nitrogen and oxygen atoms in total. The summed E-state index contributed by atoms with van der Waals surface area (Å²) >= 11 is 4.68. The predicted octanol–water partition coefficient (Wildman–Crippen LogP) is 2.03. The summed E-state index contributed by atoms with van der Waals surface area (Å²) in [5.74, 6) is 0. The molecule has 1 rings (SSSR count). The smallest absolute Gasteiger partial charge is 0.237 e. The van der Waals surface area contributed by atoms with Gasteiger partial charge >= 0.3 is 0 Å². The van der Waals surface area contributed by atoms with E-state index in [2.05, 4.69) is 20.9 Å². The third-order valence-corrected chi connectivity index (χ3v) is 4.55. The molecule has 9 heteroatoms. The van der Waals surface area contributed by atoms with E-state index >= 15 is 0 Å². The fourth-order valence-corrected chi connectivity index (χ4v) is 2.50. The van der Waals surface area contributed by atoms with Gasteiger partial charge in [0.25, 0.3) is 6.43 Å². The van der Waals surface area contributed by atoms with Gasteiger partial charge in [0, 0.05) is 3.57 Å². The van der Waals surface area contributed by atoms with Crippen LogP contribution in [0.4, 0.5) is 8.78 Å². The Morgan fingerprint density at radius 2 is 2.07 bits per heavy atom. The molecule has 1 heterocycles. The molecule has 0 atom stereocenters. The van der Waals surface area contributed by atoms with E-state index in [1.54, 1.807) is 22.6 Å². The first kappa shape index (κ1) is 13.2. The number of halogens is 4. The molecule has 0 unspecified atom stereocenters. The second-order valence-corrected chi connectivity index (χ2v) is 5.93. The average Bonchev–Trinajstić information content (AvgIpc) is 2.06. The highest BCUT2D eigenvalue weighted by Gasteiger charge is 2.23. The lowest BCUT2D eigenvalue weighted by Crippen LogP contribution is -2.16. The zero-order chi connectivity index (χ0) is 11.8. The quantitative estimate of drug-likeness (QED) is 0.596. The Labute approximate surface area is 107 Å². The number of primary sulfonamides is 1. The number of alkyl halides is 2. The van der Waals surface area contributed by atoms with Crippen LogP contribution in [0.2, 0.25) is 0 Å². The summed E-state index contributed by atoms with van der Waals surface area (Å²) in [5.41, 5.74) is -0.843. The summed E-state index contributed by atoms with van der Waals surface area (Å²) in [6, 6.07) is 1.05. The molecule has 15 heavy (non-hydrogen) atoms.